The number of methoxy groups -OCH3 is 1. The summed E-state index contributed by atoms with van der Waals surface area (Å²) in [7, 11) is 1.29. The smallest absolute Gasteiger partial charge is 0.342 e. The number of halogens is 1. The summed E-state index contributed by atoms with van der Waals surface area (Å²) in [4.78, 5) is 12.6. The lowest BCUT2D eigenvalue weighted by Gasteiger charge is -2.22. The minimum absolute atomic E-state index is 0.0789. The molecule has 0 unspecified atom stereocenters. The molecule has 1 aliphatic rings. The largest absolute Gasteiger partial charge is 0.507 e. The first-order valence-corrected chi connectivity index (χ1v) is 11.6. The predicted octanol–water partition coefficient (Wildman–Crippen LogP) is 7.10. The third-order valence-electron chi connectivity index (χ3n) is 5.92. The molecule has 4 nitrogen and oxygen atoms in total. The molecule has 2 aromatic carbocycles. The van der Waals surface area contributed by atoms with Gasteiger partial charge in [-0.05, 0) is 75.3 Å². The van der Waals surface area contributed by atoms with Crippen molar-refractivity contribution in [2.24, 2.45) is 0 Å². The molecule has 0 aromatic heterocycles. The number of carbonyl (C=O) groups excluding carboxylic acids is 1. The number of hydrogen-bond acceptors (Lipinski definition) is 4. The zero-order valence-electron chi connectivity index (χ0n) is 19.7. The van der Waals surface area contributed by atoms with E-state index in [0.717, 1.165) is 36.8 Å². The summed E-state index contributed by atoms with van der Waals surface area (Å²) in [5.41, 5.74) is 3.05. The predicted molar refractivity (Wildman–Crippen MR) is 130 cm³/mol. The van der Waals surface area contributed by atoms with Crippen LogP contribution in [0.5, 0.6) is 11.5 Å². The molecule has 0 aliphatic heterocycles. The molecule has 0 spiro atoms. The van der Waals surface area contributed by atoms with Crippen molar-refractivity contribution >= 4 is 18.1 Å². The van der Waals surface area contributed by atoms with Crippen LogP contribution in [0.4, 0.5) is 4.39 Å². The maximum absolute atomic E-state index is 13.3. The van der Waals surface area contributed by atoms with E-state index < -0.39 is 5.97 Å². The molecule has 176 valence electrons. The molecule has 3 rings (SSSR count). The summed E-state index contributed by atoms with van der Waals surface area (Å²) in [5, 5.41) is 11.2. The molecule has 1 aliphatic carbocycles. The van der Waals surface area contributed by atoms with Crippen molar-refractivity contribution < 1.29 is 23.8 Å². The molecule has 0 amide bonds. The third-order valence-corrected chi connectivity index (χ3v) is 5.92. The summed E-state index contributed by atoms with van der Waals surface area (Å²) in [6.45, 7) is 3.98. The summed E-state index contributed by atoms with van der Waals surface area (Å²) in [6, 6.07) is 7.86. The highest BCUT2D eigenvalue weighted by Crippen LogP contribution is 2.38. The molecule has 5 heteroatoms. The standard InChI is InChI=1S/C28H33FO4/c1-19(2)10-17-24-25(33-23-8-6-4-5-7-9-23)18-21(26(27(24)30)28(31)32-3)14-11-20-12-15-22(29)16-13-20/h10-16,18,23,30H,4-9,17H2,1-3H3. The van der Waals surface area contributed by atoms with E-state index in [1.165, 1.54) is 32.1 Å². The molecular weight excluding hydrogens is 419 g/mol. The Hall–Kier alpha value is -3.08. The van der Waals surface area contributed by atoms with E-state index in [1.54, 1.807) is 24.3 Å². The van der Waals surface area contributed by atoms with Crippen molar-refractivity contribution in [2.75, 3.05) is 7.11 Å². The van der Waals surface area contributed by atoms with Gasteiger partial charge in [-0.1, -0.05) is 48.8 Å². The zero-order valence-corrected chi connectivity index (χ0v) is 19.7. The Bertz CT molecular complexity index is 1010. The Morgan fingerprint density at radius 3 is 2.36 bits per heavy atom. The van der Waals surface area contributed by atoms with Crippen LogP contribution >= 0.6 is 0 Å². The monoisotopic (exact) mass is 452 g/mol. The van der Waals surface area contributed by atoms with Crippen LogP contribution in [0.15, 0.2) is 42.0 Å². The molecule has 0 bridgehead atoms. The normalized spacial score (nSPS) is 14.7. The van der Waals surface area contributed by atoms with Crippen LogP contribution in [0, 0.1) is 5.82 Å². The number of allylic oxidation sites excluding steroid dienone is 2. The van der Waals surface area contributed by atoms with Gasteiger partial charge in [-0.3, -0.25) is 0 Å². The van der Waals surface area contributed by atoms with Gasteiger partial charge < -0.3 is 14.6 Å². The van der Waals surface area contributed by atoms with Crippen molar-refractivity contribution in [1.82, 2.24) is 0 Å². The second kappa shape index (κ2) is 11.7. The van der Waals surface area contributed by atoms with Crippen molar-refractivity contribution in [3.05, 3.63) is 70.1 Å². The van der Waals surface area contributed by atoms with Gasteiger partial charge in [0.05, 0.1) is 13.2 Å². The van der Waals surface area contributed by atoms with Crippen LogP contribution < -0.4 is 4.74 Å². The SMILES string of the molecule is COC(=O)c1c(C=Cc2ccc(F)cc2)cc(OC2CCCCCC2)c(CC=C(C)C)c1O. The van der Waals surface area contributed by atoms with Gasteiger partial charge in [0.2, 0.25) is 0 Å². The molecule has 1 saturated carbocycles. The highest BCUT2D eigenvalue weighted by Gasteiger charge is 2.24. The highest BCUT2D eigenvalue weighted by atomic mass is 19.1. The Kier molecular flexibility index (Phi) is 8.70. The van der Waals surface area contributed by atoms with Crippen LogP contribution in [0.1, 0.15) is 79.4 Å². The first kappa shape index (κ1) is 24.6. The van der Waals surface area contributed by atoms with Crippen LogP contribution in [0.25, 0.3) is 12.2 Å². The van der Waals surface area contributed by atoms with E-state index in [-0.39, 0.29) is 23.2 Å². The first-order chi connectivity index (χ1) is 15.9. The number of ether oxygens (including phenoxy) is 2. The zero-order chi connectivity index (χ0) is 23.8. The maximum atomic E-state index is 13.3. The van der Waals surface area contributed by atoms with E-state index in [4.69, 9.17) is 9.47 Å². The number of phenolic OH excluding ortho intramolecular Hbond substituents is 1. The number of rotatable bonds is 7. The molecule has 2 aromatic rings. The van der Waals surface area contributed by atoms with E-state index in [2.05, 4.69) is 0 Å². The lowest BCUT2D eigenvalue weighted by molar-refractivity contribution is 0.0597. The van der Waals surface area contributed by atoms with Gasteiger partial charge in [-0.15, -0.1) is 0 Å². The van der Waals surface area contributed by atoms with Gasteiger partial charge in [-0.2, -0.15) is 0 Å². The quantitative estimate of drug-likeness (QED) is 0.211. The fourth-order valence-electron chi connectivity index (χ4n) is 4.06. The fraction of sp³-hybridized carbons (Fsp3) is 0.393. The van der Waals surface area contributed by atoms with Crippen LogP contribution in [-0.4, -0.2) is 24.3 Å². The van der Waals surface area contributed by atoms with Crippen LogP contribution in [0.2, 0.25) is 0 Å². The molecular formula is C28H33FO4. The summed E-state index contributed by atoms with van der Waals surface area (Å²) in [5.74, 6) is -0.471. The van der Waals surface area contributed by atoms with E-state index in [1.807, 2.05) is 26.0 Å². The number of carbonyl (C=O) groups is 1. The highest BCUT2D eigenvalue weighted by molar-refractivity contribution is 5.98. The summed E-state index contributed by atoms with van der Waals surface area (Å²) >= 11 is 0. The van der Waals surface area contributed by atoms with Crippen molar-refractivity contribution in [1.29, 1.82) is 0 Å². The Balaban J connectivity index is 2.08. The van der Waals surface area contributed by atoms with Crippen molar-refractivity contribution in [2.45, 2.75) is 64.9 Å². The molecule has 1 N–H and O–H groups in total. The van der Waals surface area contributed by atoms with Crippen molar-refractivity contribution in [3.8, 4) is 11.5 Å². The van der Waals surface area contributed by atoms with Gasteiger partial charge in [0.1, 0.15) is 22.9 Å². The Morgan fingerprint density at radius 1 is 1.09 bits per heavy atom. The molecule has 0 atom stereocenters. The van der Waals surface area contributed by atoms with Gasteiger partial charge in [-0.25, -0.2) is 9.18 Å². The number of phenols is 1. The van der Waals surface area contributed by atoms with Gasteiger partial charge >= 0.3 is 5.97 Å². The van der Waals surface area contributed by atoms with E-state index in [0.29, 0.717) is 23.3 Å². The number of hydrogen-bond donors (Lipinski definition) is 1. The number of benzene rings is 2. The number of esters is 1. The third kappa shape index (κ3) is 6.70. The summed E-state index contributed by atoms with van der Waals surface area (Å²) in [6.07, 6.45) is 12.6. The van der Waals surface area contributed by atoms with Gasteiger partial charge in [0, 0.05) is 5.56 Å². The number of aromatic hydroxyl groups is 1. The second-order valence-electron chi connectivity index (χ2n) is 8.76. The molecule has 0 saturated heterocycles. The first-order valence-electron chi connectivity index (χ1n) is 11.6. The summed E-state index contributed by atoms with van der Waals surface area (Å²) < 4.78 is 24.7. The van der Waals surface area contributed by atoms with Crippen LogP contribution in [-0.2, 0) is 11.2 Å². The topological polar surface area (TPSA) is 55.8 Å². The Labute approximate surface area is 195 Å². The molecule has 1 fully saturated rings. The minimum atomic E-state index is -0.620. The van der Waals surface area contributed by atoms with E-state index in [9.17, 15) is 14.3 Å². The molecule has 33 heavy (non-hydrogen) atoms. The maximum Gasteiger partial charge on any atom is 0.342 e. The van der Waals surface area contributed by atoms with E-state index >= 15 is 0 Å². The van der Waals surface area contributed by atoms with Crippen LogP contribution in [0.3, 0.4) is 0 Å². The fourth-order valence-corrected chi connectivity index (χ4v) is 4.06. The lowest BCUT2D eigenvalue weighted by atomic mass is 9.97. The molecule has 0 radical (unpaired) electrons. The average Bonchev–Trinajstić information content (AvgIpc) is 3.06. The second-order valence-corrected chi connectivity index (χ2v) is 8.76. The average molecular weight is 453 g/mol. The lowest BCUT2D eigenvalue weighted by Crippen LogP contribution is -2.17. The Morgan fingerprint density at radius 2 is 1.76 bits per heavy atom. The molecule has 0 heterocycles. The van der Waals surface area contributed by atoms with Gasteiger partial charge in [0.25, 0.3) is 0 Å². The van der Waals surface area contributed by atoms with Gasteiger partial charge in [0.15, 0.2) is 0 Å². The van der Waals surface area contributed by atoms with Crippen molar-refractivity contribution in [3.63, 3.8) is 0 Å². The minimum Gasteiger partial charge on any atom is -0.507 e.